The molecule has 0 fully saturated rings. The average molecular weight is 734 g/mol. The van der Waals surface area contributed by atoms with Gasteiger partial charge in [-0.2, -0.15) is 15.3 Å². The third kappa shape index (κ3) is 10.1. The molecule has 0 aliphatic heterocycles. The van der Waals surface area contributed by atoms with Crippen LogP contribution in [-0.2, 0) is 0 Å². The summed E-state index contributed by atoms with van der Waals surface area (Å²) in [7, 11) is 0. The van der Waals surface area contributed by atoms with Gasteiger partial charge in [0, 0.05) is 31.8 Å². The normalized spacial score (nSPS) is 10.2. The number of carbonyl (C=O) groups is 3. The topological polar surface area (TPSA) is 206 Å². The first-order valence-corrected chi connectivity index (χ1v) is 15.0. The fourth-order valence-electron chi connectivity index (χ4n) is 3.98. The van der Waals surface area contributed by atoms with Crippen LogP contribution in [0.4, 0.5) is 0 Å². The predicted molar refractivity (Wildman–Crippen MR) is 180 cm³/mol. The summed E-state index contributed by atoms with van der Waals surface area (Å²) >= 11 is 17.9. The van der Waals surface area contributed by atoms with Gasteiger partial charge in [-0.25, -0.2) is 0 Å². The van der Waals surface area contributed by atoms with Gasteiger partial charge in [-0.3, -0.25) is 15.3 Å². The van der Waals surface area contributed by atoms with Crippen LogP contribution in [0.3, 0.4) is 0 Å². The van der Waals surface area contributed by atoms with Gasteiger partial charge < -0.3 is 29.7 Å². The Bertz CT molecular complexity index is 1890. The van der Waals surface area contributed by atoms with Crippen LogP contribution in [0, 0.1) is 20.8 Å². The van der Waals surface area contributed by atoms with Gasteiger partial charge >= 0.3 is 17.4 Å². The smallest absolute Gasteiger partial charge is 0.543 e. The number of carbonyl (C=O) groups excluding carboxylic acids is 3. The third-order valence-electron chi connectivity index (χ3n) is 6.80. The van der Waals surface area contributed by atoms with Crippen molar-refractivity contribution in [1.82, 2.24) is 30.6 Å². The molecule has 3 aromatic heterocycles. The number of rotatable bonds is 6. The Balaban J connectivity index is 0.000000197. The van der Waals surface area contributed by atoms with E-state index >= 15 is 0 Å². The van der Waals surface area contributed by atoms with Crippen molar-refractivity contribution in [1.29, 1.82) is 0 Å². The summed E-state index contributed by atoms with van der Waals surface area (Å²) in [5.74, 6) is -3.84. The van der Waals surface area contributed by atoms with Crippen molar-refractivity contribution in [2.45, 2.75) is 20.8 Å². The summed E-state index contributed by atoms with van der Waals surface area (Å²) in [5.41, 5.74) is 6.61. The predicted octanol–water partition coefficient (Wildman–Crippen LogP) is 3.83. The van der Waals surface area contributed by atoms with E-state index in [0.29, 0.717) is 32.1 Å². The SMILES string of the molecule is Cc1ccc(-c2cc(C(=O)[O-])[nH]n2)cc1Cl.Cc1ccc(-c2cc(C(=O)[O-])[nH]n2)cc1Cl.Cc1ccc(-c2cc(C(=O)[O-])[nH]n2)cc1Cl.[Al+3]. The number of carboxylic acids is 3. The molecule has 16 heteroatoms. The Morgan fingerprint density at radius 2 is 0.735 bits per heavy atom. The maximum Gasteiger partial charge on any atom is 3.00 e. The molecule has 0 saturated heterocycles. The van der Waals surface area contributed by atoms with Crippen molar-refractivity contribution >= 4 is 70.1 Å². The number of carboxylic acid groups (broad SMARTS) is 3. The molecule has 3 N–H and O–H groups in total. The summed E-state index contributed by atoms with van der Waals surface area (Å²) < 4.78 is 0. The van der Waals surface area contributed by atoms with Crippen molar-refractivity contribution in [3.05, 3.63) is 122 Å². The molecule has 3 heterocycles. The maximum atomic E-state index is 10.6. The second-order valence-electron chi connectivity index (χ2n) is 10.3. The first-order chi connectivity index (χ1) is 22.7. The minimum atomic E-state index is -1.28. The molecule has 0 aliphatic carbocycles. The van der Waals surface area contributed by atoms with E-state index in [-0.39, 0.29) is 34.4 Å². The zero-order valence-electron chi connectivity index (χ0n) is 25.9. The second kappa shape index (κ2) is 17.0. The fourth-order valence-corrected chi connectivity index (χ4v) is 4.52. The minimum absolute atomic E-state index is 0. The number of nitrogens with one attached hydrogen (secondary N) is 3. The Kier molecular flexibility index (Phi) is 13.3. The molecule has 0 saturated carbocycles. The van der Waals surface area contributed by atoms with Crippen LogP contribution in [-0.4, -0.2) is 65.9 Å². The summed E-state index contributed by atoms with van der Waals surface area (Å²) in [6.45, 7) is 5.68. The molecule has 3 aromatic carbocycles. The number of aryl methyl sites for hydroxylation is 3. The number of halogens is 3. The third-order valence-corrected chi connectivity index (χ3v) is 8.02. The summed E-state index contributed by atoms with van der Waals surface area (Å²) in [6, 6.07) is 20.5. The number of hydrogen-bond acceptors (Lipinski definition) is 9. The van der Waals surface area contributed by atoms with E-state index in [2.05, 4.69) is 30.6 Å². The van der Waals surface area contributed by atoms with Crippen LogP contribution in [0.5, 0.6) is 0 Å². The van der Waals surface area contributed by atoms with E-state index in [1.807, 2.05) is 57.2 Å². The van der Waals surface area contributed by atoms with Crippen molar-refractivity contribution in [3.8, 4) is 33.8 Å². The van der Waals surface area contributed by atoms with E-state index in [0.717, 1.165) is 33.4 Å². The molecule has 0 aliphatic rings. The maximum absolute atomic E-state index is 10.6. The number of aromatic amines is 3. The molecule has 0 unspecified atom stereocenters. The summed E-state index contributed by atoms with van der Waals surface area (Å²) in [6.07, 6.45) is 0. The molecule has 0 atom stereocenters. The van der Waals surface area contributed by atoms with Crippen LogP contribution >= 0.6 is 34.8 Å². The van der Waals surface area contributed by atoms with Gasteiger partial charge in [-0.1, -0.05) is 71.2 Å². The first kappa shape index (κ1) is 38.5. The summed E-state index contributed by atoms with van der Waals surface area (Å²) in [4.78, 5) is 31.7. The zero-order valence-corrected chi connectivity index (χ0v) is 29.4. The molecule has 0 amide bonds. The number of nitrogens with zero attached hydrogens (tertiary/aromatic N) is 3. The largest absolute Gasteiger partial charge is 3.00 e. The quantitative estimate of drug-likeness (QED) is 0.212. The molecule has 0 spiro atoms. The molecule has 0 radical (unpaired) electrons. The molecule has 6 aromatic rings. The van der Waals surface area contributed by atoms with Crippen LogP contribution in [0.25, 0.3) is 33.8 Å². The van der Waals surface area contributed by atoms with Gasteiger partial charge in [0.1, 0.15) is 0 Å². The molecular weight excluding hydrogens is 710 g/mol. The van der Waals surface area contributed by atoms with Crippen molar-refractivity contribution < 1.29 is 29.7 Å². The van der Waals surface area contributed by atoms with E-state index in [1.54, 1.807) is 18.2 Å². The van der Waals surface area contributed by atoms with E-state index < -0.39 is 17.9 Å². The van der Waals surface area contributed by atoms with Gasteiger partial charge in [0.2, 0.25) is 0 Å². The van der Waals surface area contributed by atoms with Gasteiger partial charge in [0.25, 0.3) is 0 Å². The van der Waals surface area contributed by atoms with Gasteiger partial charge in [-0.15, -0.1) is 0 Å². The van der Waals surface area contributed by atoms with E-state index in [1.165, 1.54) is 18.2 Å². The monoisotopic (exact) mass is 732 g/mol. The second-order valence-corrected chi connectivity index (χ2v) is 11.5. The Morgan fingerprint density at radius 1 is 0.490 bits per heavy atom. The fraction of sp³-hybridized carbons (Fsp3) is 0.0909. The Labute approximate surface area is 305 Å². The standard InChI is InChI=1S/3C11H9ClN2O2.Al/c3*1-6-2-3-7(4-8(6)12)9-5-10(11(15)16)14-13-9;/h3*2-5H,1H3,(H,13,14)(H,15,16);/q;;;+3/p-3. The molecule has 6 rings (SSSR count). The van der Waals surface area contributed by atoms with Crippen molar-refractivity contribution in [3.63, 3.8) is 0 Å². The molecular formula is C33H24AlCl3N6O6. The Hall–Kier alpha value is -4.90. The first-order valence-electron chi connectivity index (χ1n) is 13.8. The van der Waals surface area contributed by atoms with Gasteiger partial charge in [-0.05, 0) is 73.9 Å². The number of benzene rings is 3. The van der Waals surface area contributed by atoms with Crippen LogP contribution < -0.4 is 15.3 Å². The number of H-pyrrole nitrogens is 3. The summed E-state index contributed by atoms with van der Waals surface area (Å²) in [5, 5.41) is 52.3. The van der Waals surface area contributed by atoms with Gasteiger partial charge in [0.05, 0.1) is 52.1 Å². The van der Waals surface area contributed by atoms with Gasteiger partial charge in [0.15, 0.2) is 0 Å². The molecule has 12 nitrogen and oxygen atoms in total. The van der Waals surface area contributed by atoms with Crippen molar-refractivity contribution in [2.75, 3.05) is 0 Å². The van der Waals surface area contributed by atoms with Crippen molar-refractivity contribution in [2.24, 2.45) is 0 Å². The van der Waals surface area contributed by atoms with Crippen LogP contribution in [0.2, 0.25) is 15.1 Å². The number of aromatic nitrogens is 6. The molecule has 0 bridgehead atoms. The zero-order chi connectivity index (χ0) is 35.1. The number of hydrogen-bond donors (Lipinski definition) is 3. The molecule has 49 heavy (non-hydrogen) atoms. The Morgan fingerprint density at radius 3 is 0.918 bits per heavy atom. The van der Waals surface area contributed by atoms with Crippen LogP contribution in [0.1, 0.15) is 48.2 Å². The van der Waals surface area contributed by atoms with E-state index in [4.69, 9.17) is 34.8 Å². The average Bonchev–Trinajstić information content (AvgIpc) is 3.83. The number of aromatic carboxylic acids is 3. The molecule has 246 valence electrons. The van der Waals surface area contributed by atoms with E-state index in [9.17, 15) is 29.7 Å². The minimum Gasteiger partial charge on any atom is -0.543 e. The van der Waals surface area contributed by atoms with Crippen LogP contribution in [0.15, 0.2) is 72.8 Å².